The third-order valence-electron chi connectivity index (χ3n) is 6.58. The average Bonchev–Trinajstić information content (AvgIpc) is 3.42. The summed E-state index contributed by atoms with van der Waals surface area (Å²) >= 11 is 6.09. The summed E-state index contributed by atoms with van der Waals surface area (Å²) in [7, 11) is 0. The van der Waals surface area contributed by atoms with Gasteiger partial charge in [0, 0.05) is 17.3 Å². The van der Waals surface area contributed by atoms with Gasteiger partial charge in [0.15, 0.2) is 11.5 Å². The molecule has 6 nitrogen and oxygen atoms in total. The molecule has 1 aliphatic carbocycles. The van der Waals surface area contributed by atoms with Crippen molar-refractivity contribution in [3.05, 3.63) is 88.4 Å². The lowest BCUT2D eigenvalue weighted by molar-refractivity contribution is -0.123. The maximum atomic E-state index is 14.1. The van der Waals surface area contributed by atoms with E-state index in [1.165, 1.54) is 41.3 Å². The molecule has 2 aliphatic rings. The minimum absolute atomic E-state index is 0.0292. The number of hydrogen-bond acceptors (Lipinski definition) is 4. The number of carbonyl (C=O) groups excluding carboxylic acids is 2. The average molecular weight is 527 g/mol. The monoisotopic (exact) mass is 526 g/mol. The number of fused-ring (bicyclic) bond motifs is 1. The van der Waals surface area contributed by atoms with Crippen molar-refractivity contribution in [1.29, 1.82) is 0 Å². The summed E-state index contributed by atoms with van der Waals surface area (Å²) in [5.74, 6) is -1.20. The SMILES string of the molecule is O=C(NC1CCCC1)[C@H](c1ccc(F)cc1)N(C(=O)c1ccc2c(c1)OCCO2)c1ccc(F)c(Cl)c1. The van der Waals surface area contributed by atoms with Crippen LogP contribution >= 0.6 is 11.6 Å². The van der Waals surface area contributed by atoms with Gasteiger partial charge in [0.1, 0.15) is 30.9 Å². The molecular weight excluding hydrogens is 502 g/mol. The van der Waals surface area contributed by atoms with Crippen molar-refractivity contribution in [2.75, 3.05) is 18.1 Å². The fraction of sp³-hybridized carbons (Fsp3) is 0.286. The predicted molar refractivity (Wildman–Crippen MR) is 135 cm³/mol. The number of ether oxygens (including phenoxy) is 2. The molecule has 0 saturated heterocycles. The first-order valence-electron chi connectivity index (χ1n) is 12.1. The fourth-order valence-electron chi connectivity index (χ4n) is 4.75. The van der Waals surface area contributed by atoms with E-state index in [1.54, 1.807) is 18.2 Å². The topological polar surface area (TPSA) is 67.9 Å². The predicted octanol–water partition coefficient (Wildman–Crippen LogP) is 5.84. The molecule has 0 unspecified atom stereocenters. The number of rotatable bonds is 6. The van der Waals surface area contributed by atoms with Crippen LogP contribution in [-0.4, -0.2) is 31.1 Å². The highest BCUT2D eigenvalue weighted by Gasteiger charge is 2.35. The molecule has 1 atom stereocenters. The zero-order chi connectivity index (χ0) is 25.9. The summed E-state index contributed by atoms with van der Waals surface area (Å²) in [5.41, 5.74) is 0.830. The van der Waals surface area contributed by atoms with Crippen LogP contribution in [0.3, 0.4) is 0 Å². The smallest absolute Gasteiger partial charge is 0.259 e. The zero-order valence-corrected chi connectivity index (χ0v) is 20.6. The van der Waals surface area contributed by atoms with E-state index in [0.717, 1.165) is 31.7 Å². The van der Waals surface area contributed by atoms with E-state index in [9.17, 15) is 18.4 Å². The molecular formula is C28H25ClF2N2O4. The van der Waals surface area contributed by atoms with Crippen molar-refractivity contribution in [3.63, 3.8) is 0 Å². The summed E-state index contributed by atoms with van der Waals surface area (Å²) < 4.78 is 39.1. The van der Waals surface area contributed by atoms with Gasteiger partial charge in [-0.25, -0.2) is 8.78 Å². The molecule has 1 saturated carbocycles. The molecule has 37 heavy (non-hydrogen) atoms. The molecule has 1 fully saturated rings. The summed E-state index contributed by atoms with van der Waals surface area (Å²) in [5, 5.41) is 2.84. The highest BCUT2D eigenvalue weighted by atomic mass is 35.5. The molecule has 1 aliphatic heterocycles. The van der Waals surface area contributed by atoms with Crippen molar-refractivity contribution >= 4 is 29.1 Å². The molecule has 2 amide bonds. The number of carbonyl (C=O) groups is 2. The largest absolute Gasteiger partial charge is 0.486 e. The first kappa shape index (κ1) is 25.0. The molecule has 9 heteroatoms. The highest BCUT2D eigenvalue weighted by molar-refractivity contribution is 6.31. The Morgan fingerprint density at radius 2 is 1.62 bits per heavy atom. The van der Waals surface area contributed by atoms with E-state index < -0.39 is 29.5 Å². The number of benzene rings is 3. The van der Waals surface area contributed by atoms with Crippen LogP contribution in [0.25, 0.3) is 0 Å². The van der Waals surface area contributed by atoms with Crippen molar-refractivity contribution < 1.29 is 27.8 Å². The second-order valence-corrected chi connectivity index (χ2v) is 9.48. The number of anilines is 1. The first-order chi connectivity index (χ1) is 17.9. The van der Waals surface area contributed by atoms with Crippen molar-refractivity contribution in [2.24, 2.45) is 0 Å². The first-order valence-corrected chi connectivity index (χ1v) is 12.5. The Balaban J connectivity index is 1.62. The number of hydrogen-bond donors (Lipinski definition) is 1. The molecule has 0 spiro atoms. The number of amides is 2. The minimum Gasteiger partial charge on any atom is -0.486 e. The Morgan fingerprint density at radius 3 is 2.32 bits per heavy atom. The van der Waals surface area contributed by atoms with E-state index in [0.29, 0.717) is 30.3 Å². The van der Waals surface area contributed by atoms with Gasteiger partial charge < -0.3 is 14.8 Å². The molecule has 1 N–H and O–H groups in total. The van der Waals surface area contributed by atoms with E-state index in [2.05, 4.69) is 5.32 Å². The lowest BCUT2D eigenvalue weighted by Gasteiger charge is -2.33. The summed E-state index contributed by atoms with van der Waals surface area (Å²) in [4.78, 5) is 29.1. The maximum Gasteiger partial charge on any atom is 0.259 e. The summed E-state index contributed by atoms with van der Waals surface area (Å²) in [6.07, 6.45) is 3.67. The van der Waals surface area contributed by atoms with Crippen LogP contribution < -0.4 is 19.7 Å². The standard InChI is InChI=1S/C28H25ClF2N2O4/c29-22-16-21(10-11-23(22)31)33(28(35)18-7-12-24-25(15-18)37-14-13-36-24)26(17-5-8-19(30)9-6-17)27(34)32-20-3-1-2-4-20/h5-12,15-16,20,26H,1-4,13-14H2,(H,32,34)/t26-/m0/s1. The number of halogens is 3. The Labute approximate surface area is 218 Å². The third kappa shape index (κ3) is 5.39. The zero-order valence-electron chi connectivity index (χ0n) is 19.9. The van der Waals surface area contributed by atoms with Gasteiger partial charge in [0.25, 0.3) is 5.91 Å². The lowest BCUT2D eigenvalue weighted by atomic mass is 10.0. The highest BCUT2D eigenvalue weighted by Crippen LogP contribution is 2.36. The Morgan fingerprint density at radius 1 is 0.919 bits per heavy atom. The Hall–Kier alpha value is -3.65. The molecule has 3 aromatic carbocycles. The number of nitrogens with zero attached hydrogens (tertiary/aromatic N) is 1. The molecule has 0 bridgehead atoms. The normalized spacial score (nSPS) is 15.8. The quantitative estimate of drug-likeness (QED) is 0.438. The third-order valence-corrected chi connectivity index (χ3v) is 6.87. The Bertz CT molecular complexity index is 1310. The van der Waals surface area contributed by atoms with Crippen molar-refractivity contribution in [3.8, 4) is 11.5 Å². The van der Waals surface area contributed by atoms with E-state index >= 15 is 0 Å². The van der Waals surface area contributed by atoms with Gasteiger partial charge in [-0.3, -0.25) is 14.5 Å². The maximum absolute atomic E-state index is 14.1. The van der Waals surface area contributed by atoms with Gasteiger partial charge >= 0.3 is 0 Å². The van der Waals surface area contributed by atoms with Gasteiger partial charge in [-0.05, 0) is 66.9 Å². The lowest BCUT2D eigenvalue weighted by Crippen LogP contribution is -2.46. The van der Waals surface area contributed by atoms with Gasteiger partial charge in [0.05, 0.1) is 5.02 Å². The van der Waals surface area contributed by atoms with Crippen LogP contribution in [0.2, 0.25) is 5.02 Å². The number of nitrogens with one attached hydrogen (secondary N) is 1. The van der Waals surface area contributed by atoms with E-state index in [4.69, 9.17) is 21.1 Å². The van der Waals surface area contributed by atoms with Gasteiger partial charge in [-0.2, -0.15) is 0 Å². The summed E-state index contributed by atoms with van der Waals surface area (Å²) in [6.45, 7) is 0.735. The molecule has 5 rings (SSSR count). The van der Waals surface area contributed by atoms with Crippen LogP contribution in [-0.2, 0) is 4.79 Å². The fourth-order valence-corrected chi connectivity index (χ4v) is 4.92. The van der Waals surface area contributed by atoms with Crippen LogP contribution in [0.4, 0.5) is 14.5 Å². The second-order valence-electron chi connectivity index (χ2n) is 9.08. The molecule has 3 aromatic rings. The second kappa shape index (κ2) is 10.8. The van der Waals surface area contributed by atoms with Crippen LogP contribution in [0, 0.1) is 11.6 Å². The molecule has 192 valence electrons. The molecule has 1 heterocycles. The van der Waals surface area contributed by atoms with Crippen LogP contribution in [0.5, 0.6) is 11.5 Å². The van der Waals surface area contributed by atoms with Gasteiger partial charge in [0.2, 0.25) is 5.91 Å². The minimum atomic E-state index is -1.18. The van der Waals surface area contributed by atoms with Gasteiger partial charge in [-0.15, -0.1) is 0 Å². The van der Waals surface area contributed by atoms with Crippen LogP contribution in [0.1, 0.15) is 47.6 Å². The molecule has 0 aromatic heterocycles. The molecule has 0 radical (unpaired) electrons. The Kier molecular flexibility index (Phi) is 7.28. The van der Waals surface area contributed by atoms with E-state index in [1.807, 2.05) is 0 Å². The summed E-state index contributed by atoms with van der Waals surface area (Å²) in [6, 6.07) is 12.8. The van der Waals surface area contributed by atoms with E-state index in [-0.39, 0.29) is 22.3 Å². The van der Waals surface area contributed by atoms with Crippen LogP contribution in [0.15, 0.2) is 60.7 Å². The van der Waals surface area contributed by atoms with Crippen molar-refractivity contribution in [2.45, 2.75) is 37.8 Å². The van der Waals surface area contributed by atoms with Crippen molar-refractivity contribution in [1.82, 2.24) is 5.32 Å². The van der Waals surface area contributed by atoms with Gasteiger partial charge in [-0.1, -0.05) is 36.6 Å².